The van der Waals surface area contributed by atoms with Gasteiger partial charge >= 0.3 is 0 Å². The SMILES string of the molecule is CCCNC(=O)C(C)N(Cc1c(Cl)cccc1Cl)C(=O)CN(c1ccccc1OC)S(=O)(=O)c1ccc(OC)cc1. The van der Waals surface area contributed by atoms with Crippen molar-refractivity contribution >= 4 is 50.7 Å². The standard InChI is InChI=1S/C29H33Cl2N3O6S/c1-5-17-32-29(36)20(2)33(18-23-24(30)9-8-10-25(23)31)28(35)19-34(26-11-6-7-12-27(26)40-4)41(37,38)22-15-13-21(39-3)14-16-22/h6-16,20H,5,17-19H2,1-4H3,(H,32,36). The average Bonchev–Trinajstić information content (AvgIpc) is 2.98. The van der Waals surface area contributed by atoms with Crippen molar-refractivity contribution in [1.82, 2.24) is 10.2 Å². The van der Waals surface area contributed by atoms with Gasteiger partial charge < -0.3 is 19.7 Å². The number of benzene rings is 3. The summed E-state index contributed by atoms with van der Waals surface area (Å²) in [4.78, 5) is 28.3. The average molecular weight is 623 g/mol. The van der Waals surface area contributed by atoms with Crippen molar-refractivity contribution in [2.45, 2.75) is 37.8 Å². The molecule has 9 nitrogen and oxygen atoms in total. The number of rotatable bonds is 13. The van der Waals surface area contributed by atoms with Gasteiger partial charge in [-0.25, -0.2) is 8.42 Å². The molecule has 1 N–H and O–H groups in total. The Labute approximate surface area is 251 Å². The van der Waals surface area contributed by atoms with Crippen molar-refractivity contribution in [3.05, 3.63) is 82.3 Å². The Morgan fingerprint density at radius 1 is 0.927 bits per heavy atom. The van der Waals surface area contributed by atoms with E-state index in [-0.39, 0.29) is 22.9 Å². The van der Waals surface area contributed by atoms with Crippen LogP contribution in [0.25, 0.3) is 0 Å². The number of methoxy groups -OCH3 is 2. The van der Waals surface area contributed by atoms with Gasteiger partial charge in [0.05, 0.1) is 24.8 Å². The zero-order valence-electron chi connectivity index (χ0n) is 23.3. The third-order valence-electron chi connectivity index (χ3n) is 6.39. The lowest BCUT2D eigenvalue weighted by Gasteiger charge is -2.32. The van der Waals surface area contributed by atoms with Crippen molar-refractivity contribution in [3.63, 3.8) is 0 Å². The van der Waals surface area contributed by atoms with Gasteiger partial charge in [0.1, 0.15) is 24.1 Å². The molecule has 0 saturated heterocycles. The van der Waals surface area contributed by atoms with Crippen molar-refractivity contribution in [3.8, 4) is 11.5 Å². The molecule has 1 unspecified atom stereocenters. The van der Waals surface area contributed by atoms with Gasteiger partial charge in [0.15, 0.2) is 0 Å². The molecule has 0 radical (unpaired) electrons. The fourth-order valence-corrected chi connectivity index (χ4v) is 6.00. The summed E-state index contributed by atoms with van der Waals surface area (Å²) in [7, 11) is -1.41. The molecule has 0 heterocycles. The summed E-state index contributed by atoms with van der Waals surface area (Å²) in [5.41, 5.74) is 0.583. The number of anilines is 1. The van der Waals surface area contributed by atoms with Gasteiger partial charge in [-0.1, -0.05) is 48.3 Å². The van der Waals surface area contributed by atoms with Crippen LogP contribution in [0.4, 0.5) is 5.69 Å². The van der Waals surface area contributed by atoms with Gasteiger partial charge in [-0.2, -0.15) is 0 Å². The summed E-state index contributed by atoms with van der Waals surface area (Å²) >= 11 is 12.8. The minimum atomic E-state index is -4.29. The zero-order valence-corrected chi connectivity index (χ0v) is 25.6. The van der Waals surface area contributed by atoms with Gasteiger partial charge in [0.25, 0.3) is 10.0 Å². The fourth-order valence-electron chi connectivity index (χ4n) is 4.06. The van der Waals surface area contributed by atoms with Crippen LogP contribution in [0.1, 0.15) is 25.8 Å². The predicted octanol–water partition coefficient (Wildman–Crippen LogP) is 5.15. The van der Waals surface area contributed by atoms with E-state index in [4.69, 9.17) is 32.7 Å². The zero-order chi connectivity index (χ0) is 30.2. The Balaban J connectivity index is 2.10. The molecule has 220 valence electrons. The van der Waals surface area contributed by atoms with E-state index < -0.39 is 34.4 Å². The molecule has 0 spiro atoms. The minimum absolute atomic E-state index is 0.0635. The van der Waals surface area contributed by atoms with E-state index in [0.717, 1.165) is 4.31 Å². The number of hydrogen-bond acceptors (Lipinski definition) is 6. The van der Waals surface area contributed by atoms with E-state index in [2.05, 4.69) is 5.32 Å². The molecule has 3 aromatic carbocycles. The Bertz CT molecular complexity index is 1450. The lowest BCUT2D eigenvalue weighted by Crippen LogP contribution is -2.51. The first-order valence-electron chi connectivity index (χ1n) is 12.8. The molecule has 0 aliphatic heterocycles. The number of carbonyl (C=O) groups is 2. The molecule has 1 atom stereocenters. The second kappa shape index (κ2) is 14.4. The molecular weight excluding hydrogens is 589 g/mol. The van der Waals surface area contributed by atoms with Crippen LogP contribution in [0.15, 0.2) is 71.6 Å². The molecule has 0 fully saturated rings. The largest absolute Gasteiger partial charge is 0.497 e. The fraction of sp³-hybridized carbons (Fsp3) is 0.310. The quantitative estimate of drug-likeness (QED) is 0.283. The topological polar surface area (TPSA) is 105 Å². The van der Waals surface area contributed by atoms with Crippen LogP contribution < -0.4 is 19.1 Å². The van der Waals surface area contributed by atoms with Gasteiger partial charge in [0.2, 0.25) is 11.8 Å². The summed E-state index contributed by atoms with van der Waals surface area (Å²) in [6.07, 6.45) is 0.699. The third-order valence-corrected chi connectivity index (χ3v) is 8.87. The summed E-state index contributed by atoms with van der Waals surface area (Å²) in [5, 5.41) is 3.41. The monoisotopic (exact) mass is 621 g/mol. The maximum atomic E-state index is 14.0. The highest BCUT2D eigenvalue weighted by Crippen LogP contribution is 2.33. The van der Waals surface area contributed by atoms with E-state index in [1.807, 2.05) is 6.92 Å². The van der Waals surface area contributed by atoms with E-state index in [0.29, 0.717) is 34.3 Å². The van der Waals surface area contributed by atoms with E-state index in [1.54, 1.807) is 49.4 Å². The van der Waals surface area contributed by atoms with E-state index in [1.165, 1.54) is 43.4 Å². The van der Waals surface area contributed by atoms with Crippen molar-refractivity contribution < 1.29 is 27.5 Å². The maximum absolute atomic E-state index is 14.0. The Morgan fingerprint density at radius 3 is 2.15 bits per heavy atom. The minimum Gasteiger partial charge on any atom is -0.497 e. The Hall–Kier alpha value is -3.47. The van der Waals surface area contributed by atoms with E-state index in [9.17, 15) is 18.0 Å². The number of hydrogen-bond donors (Lipinski definition) is 1. The van der Waals surface area contributed by atoms with Crippen molar-refractivity contribution in [1.29, 1.82) is 0 Å². The van der Waals surface area contributed by atoms with Gasteiger partial charge in [-0.3, -0.25) is 13.9 Å². The second-order valence-electron chi connectivity index (χ2n) is 9.05. The number of ether oxygens (including phenoxy) is 2. The molecule has 2 amide bonds. The first-order valence-corrected chi connectivity index (χ1v) is 15.0. The summed E-state index contributed by atoms with van der Waals surface area (Å²) in [6, 6.07) is 16.2. The smallest absolute Gasteiger partial charge is 0.264 e. The molecule has 41 heavy (non-hydrogen) atoms. The van der Waals surface area contributed by atoms with Crippen LogP contribution in [-0.4, -0.2) is 58.5 Å². The van der Waals surface area contributed by atoms with Crippen LogP contribution in [0.3, 0.4) is 0 Å². The van der Waals surface area contributed by atoms with Crippen LogP contribution >= 0.6 is 23.2 Å². The first kappa shape index (κ1) is 32.0. The summed E-state index contributed by atoms with van der Waals surface area (Å²) in [6.45, 7) is 3.13. The Morgan fingerprint density at radius 2 is 1.56 bits per heavy atom. The van der Waals surface area contributed by atoms with E-state index >= 15 is 0 Å². The van der Waals surface area contributed by atoms with Crippen LogP contribution in [0.5, 0.6) is 11.5 Å². The lowest BCUT2D eigenvalue weighted by atomic mass is 10.1. The third kappa shape index (κ3) is 7.63. The van der Waals surface area contributed by atoms with Crippen molar-refractivity contribution in [2.75, 3.05) is 31.6 Å². The number of sulfonamides is 1. The van der Waals surface area contributed by atoms with Crippen LogP contribution in [0.2, 0.25) is 10.0 Å². The van der Waals surface area contributed by atoms with Gasteiger partial charge in [0, 0.05) is 28.7 Å². The summed E-state index contributed by atoms with van der Waals surface area (Å²) in [5.74, 6) is -0.334. The highest BCUT2D eigenvalue weighted by atomic mass is 35.5. The predicted molar refractivity (Wildman–Crippen MR) is 160 cm³/mol. The molecule has 0 saturated carbocycles. The van der Waals surface area contributed by atoms with Gasteiger partial charge in [-0.05, 0) is 61.9 Å². The lowest BCUT2D eigenvalue weighted by molar-refractivity contribution is -0.139. The van der Waals surface area contributed by atoms with Gasteiger partial charge in [-0.15, -0.1) is 0 Å². The number of amides is 2. The second-order valence-corrected chi connectivity index (χ2v) is 11.7. The molecule has 0 aliphatic carbocycles. The molecule has 12 heteroatoms. The molecule has 3 aromatic rings. The number of halogens is 2. The van der Waals surface area contributed by atoms with Crippen molar-refractivity contribution in [2.24, 2.45) is 0 Å². The Kier molecular flexibility index (Phi) is 11.3. The highest BCUT2D eigenvalue weighted by molar-refractivity contribution is 7.92. The summed E-state index contributed by atoms with van der Waals surface area (Å²) < 4.78 is 39.6. The van der Waals surface area contributed by atoms with Crippen LogP contribution in [-0.2, 0) is 26.2 Å². The number of carbonyl (C=O) groups excluding carboxylic acids is 2. The first-order chi connectivity index (χ1) is 19.5. The normalized spacial score (nSPS) is 11.9. The molecular formula is C29H33Cl2N3O6S. The molecule has 0 bridgehead atoms. The highest BCUT2D eigenvalue weighted by Gasteiger charge is 2.34. The number of nitrogens with zero attached hydrogens (tertiary/aromatic N) is 2. The number of nitrogens with one attached hydrogen (secondary N) is 1. The maximum Gasteiger partial charge on any atom is 0.264 e. The number of para-hydroxylation sites is 2. The van der Waals surface area contributed by atoms with Crippen LogP contribution in [0, 0.1) is 0 Å². The molecule has 0 aliphatic rings. The molecule has 0 aromatic heterocycles. The molecule has 3 rings (SSSR count).